The molecular formula is C17H35IN4O2. The fourth-order valence-electron chi connectivity index (χ4n) is 2.16. The molecule has 0 spiro atoms. The normalized spacial score (nSPS) is 15.7. The van der Waals surface area contributed by atoms with E-state index >= 15 is 0 Å². The van der Waals surface area contributed by atoms with E-state index in [1.807, 2.05) is 6.92 Å². The molecule has 0 saturated heterocycles. The van der Waals surface area contributed by atoms with Crippen LogP contribution in [-0.4, -0.2) is 63.7 Å². The van der Waals surface area contributed by atoms with E-state index in [-0.39, 0.29) is 36.4 Å². The van der Waals surface area contributed by atoms with Gasteiger partial charge in [-0.2, -0.15) is 0 Å². The van der Waals surface area contributed by atoms with Crippen molar-refractivity contribution in [2.45, 2.75) is 40.0 Å². The highest BCUT2D eigenvalue weighted by atomic mass is 127. The molecule has 0 unspecified atom stereocenters. The average Bonchev–Trinajstić information content (AvgIpc) is 3.26. The number of carbonyl (C=O) groups excluding carboxylic acids is 1. The summed E-state index contributed by atoms with van der Waals surface area (Å²) in [5.74, 6) is 1.27. The molecule has 0 aromatic heterocycles. The molecule has 1 rings (SSSR count). The fourth-order valence-corrected chi connectivity index (χ4v) is 2.16. The average molecular weight is 454 g/mol. The number of nitrogens with one attached hydrogen (secondary N) is 2. The highest BCUT2D eigenvalue weighted by Crippen LogP contribution is 2.48. The Labute approximate surface area is 164 Å². The van der Waals surface area contributed by atoms with E-state index < -0.39 is 0 Å². The van der Waals surface area contributed by atoms with Gasteiger partial charge < -0.3 is 20.3 Å². The third kappa shape index (κ3) is 9.66. The summed E-state index contributed by atoms with van der Waals surface area (Å²) in [6, 6.07) is 0. The number of amides is 1. The van der Waals surface area contributed by atoms with Gasteiger partial charge in [-0.25, -0.2) is 4.99 Å². The van der Waals surface area contributed by atoms with Crippen LogP contribution < -0.4 is 10.6 Å². The molecule has 24 heavy (non-hydrogen) atoms. The lowest BCUT2D eigenvalue weighted by Gasteiger charge is -2.19. The summed E-state index contributed by atoms with van der Waals surface area (Å²) in [5.41, 5.74) is 0.348. The zero-order chi connectivity index (χ0) is 17.3. The smallest absolute Gasteiger partial charge is 0.243 e. The molecule has 142 valence electrons. The second-order valence-corrected chi connectivity index (χ2v) is 7.03. The summed E-state index contributed by atoms with van der Waals surface area (Å²) in [6.07, 6.45) is 3.56. The summed E-state index contributed by atoms with van der Waals surface area (Å²) in [6.45, 7) is 9.84. The van der Waals surface area contributed by atoms with Crippen LogP contribution in [0.5, 0.6) is 0 Å². The van der Waals surface area contributed by atoms with E-state index in [1.165, 1.54) is 12.8 Å². The number of ether oxygens (including phenoxy) is 1. The van der Waals surface area contributed by atoms with E-state index in [9.17, 15) is 4.79 Å². The van der Waals surface area contributed by atoms with Gasteiger partial charge in [0.25, 0.3) is 0 Å². The fraction of sp³-hybridized carbons (Fsp3) is 0.882. The Balaban J connectivity index is 0.00000529. The molecule has 0 radical (unpaired) electrons. The minimum absolute atomic E-state index is 0. The third-order valence-electron chi connectivity index (χ3n) is 4.12. The van der Waals surface area contributed by atoms with Gasteiger partial charge in [0.15, 0.2) is 5.96 Å². The van der Waals surface area contributed by atoms with Crippen molar-refractivity contribution in [3.63, 3.8) is 0 Å². The monoisotopic (exact) mass is 454 g/mol. The maximum Gasteiger partial charge on any atom is 0.243 e. The molecule has 0 bridgehead atoms. The standard InChI is InChI=1S/C17H34N4O2.HI/c1-6-23-10-9-17(7-8-17)13-20-16(18-11-14(2)3)19-12-15(22)21(4)5;/h14H,6-13H2,1-5H3,(H2,18,19,20);1H. The highest BCUT2D eigenvalue weighted by Gasteiger charge is 2.41. The van der Waals surface area contributed by atoms with E-state index in [2.05, 4.69) is 29.5 Å². The van der Waals surface area contributed by atoms with Gasteiger partial charge in [0.05, 0.1) is 0 Å². The Morgan fingerprint density at radius 3 is 2.46 bits per heavy atom. The number of rotatable bonds is 10. The zero-order valence-electron chi connectivity index (χ0n) is 15.9. The number of halogens is 1. The summed E-state index contributed by atoms with van der Waals surface area (Å²) >= 11 is 0. The molecule has 1 saturated carbocycles. The minimum atomic E-state index is 0. The number of hydrogen-bond donors (Lipinski definition) is 2. The minimum Gasteiger partial charge on any atom is -0.382 e. The van der Waals surface area contributed by atoms with Crippen LogP contribution in [0.4, 0.5) is 0 Å². The topological polar surface area (TPSA) is 66.0 Å². The van der Waals surface area contributed by atoms with Crippen molar-refractivity contribution < 1.29 is 9.53 Å². The summed E-state index contributed by atoms with van der Waals surface area (Å²) in [7, 11) is 3.50. The SMILES string of the molecule is CCOCCC1(CNC(=NCC(=O)N(C)C)NCC(C)C)CC1.I. The first-order chi connectivity index (χ1) is 10.9. The molecule has 1 fully saturated rings. The molecule has 6 nitrogen and oxygen atoms in total. The Morgan fingerprint density at radius 1 is 1.29 bits per heavy atom. The quantitative estimate of drug-likeness (QED) is 0.230. The van der Waals surface area contributed by atoms with Crippen LogP contribution in [0, 0.1) is 11.3 Å². The molecule has 1 aliphatic rings. The number of likely N-dealkylation sites (N-methyl/N-ethyl adjacent to an activating group) is 1. The maximum atomic E-state index is 11.7. The van der Waals surface area contributed by atoms with Gasteiger partial charge in [0.1, 0.15) is 6.54 Å². The van der Waals surface area contributed by atoms with Gasteiger partial charge in [0, 0.05) is 40.4 Å². The van der Waals surface area contributed by atoms with Crippen LogP contribution in [0.2, 0.25) is 0 Å². The van der Waals surface area contributed by atoms with Crippen LogP contribution in [-0.2, 0) is 9.53 Å². The number of nitrogens with zero attached hydrogens (tertiary/aromatic N) is 2. The third-order valence-corrected chi connectivity index (χ3v) is 4.12. The van der Waals surface area contributed by atoms with Crippen molar-refractivity contribution in [1.82, 2.24) is 15.5 Å². The first kappa shape index (κ1) is 23.4. The van der Waals surface area contributed by atoms with Crippen molar-refractivity contribution in [2.24, 2.45) is 16.3 Å². The van der Waals surface area contributed by atoms with Crippen LogP contribution in [0.3, 0.4) is 0 Å². The van der Waals surface area contributed by atoms with Crippen LogP contribution in [0.15, 0.2) is 4.99 Å². The zero-order valence-corrected chi connectivity index (χ0v) is 18.2. The van der Waals surface area contributed by atoms with E-state index in [0.29, 0.717) is 11.3 Å². The Hall–Kier alpha value is -0.570. The van der Waals surface area contributed by atoms with Crippen molar-refractivity contribution >= 4 is 35.8 Å². The first-order valence-electron chi connectivity index (χ1n) is 8.68. The number of hydrogen-bond acceptors (Lipinski definition) is 3. The van der Waals surface area contributed by atoms with Gasteiger partial charge in [-0.05, 0) is 37.5 Å². The predicted molar refractivity (Wildman–Crippen MR) is 110 cm³/mol. The number of carbonyl (C=O) groups is 1. The maximum absolute atomic E-state index is 11.7. The molecule has 1 amide bonds. The summed E-state index contributed by atoms with van der Waals surface area (Å²) in [5, 5.41) is 6.73. The number of aliphatic imine (C=N–C) groups is 1. The lowest BCUT2D eigenvalue weighted by molar-refractivity contribution is -0.127. The molecule has 0 aromatic rings. The van der Waals surface area contributed by atoms with Gasteiger partial charge in [0.2, 0.25) is 5.91 Å². The molecule has 0 aromatic carbocycles. The lowest BCUT2D eigenvalue weighted by Crippen LogP contribution is -2.42. The van der Waals surface area contributed by atoms with Gasteiger partial charge in [-0.3, -0.25) is 4.79 Å². The van der Waals surface area contributed by atoms with Gasteiger partial charge in [-0.15, -0.1) is 24.0 Å². The molecule has 1 aliphatic carbocycles. The molecule has 0 atom stereocenters. The second kappa shape index (κ2) is 11.9. The molecule has 0 aliphatic heterocycles. The van der Waals surface area contributed by atoms with Crippen molar-refractivity contribution in [3.8, 4) is 0 Å². The van der Waals surface area contributed by atoms with Crippen molar-refractivity contribution in [3.05, 3.63) is 0 Å². The lowest BCUT2D eigenvalue weighted by atomic mass is 10.0. The highest BCUT2D eigenvalue weighted by molar-refractivity contribution is 14.0. The molecular weight excluding hydrogens is 419 g/mol. The van der Waals surface area contributed by atoms with E-state index in [0.717, 1.165) is 38.7 Å². The van der Waals surface area contributed by atoms with Crippen LogP contribution >= 0.6 is 24.0 Å². The van der Waals surface area contributed by atoms with Crippen molar-refractivity contribution in [2.75, 3.05) is 46.9 Å². The van der Waals surface area contributed by atoms with Crippen molar-refractivity contribution in [1.29, 1.82) is 0 Å². The van der Waals surface area contributed by atoms with E-state index in [1.54, 1.807) is 19.0 Å². The Kier molecular flexibility index (Phi) is 11.6. The molecule has 7 heteroatoms. The summed E-state index contributed by atoms with van der Waals surface area (Å²) in [4.78, 5) is 17.7. The predicted octanol–water partition coefficient (Wildman–Crippen LogP) is 2.09. The van der Waals surface area contributed by atoms with Gasteiger partial charge >= 0.3 is 0 Å². The first-order valence-corrected chi connectivity index (χ1v) is 8.68. The molecule has 0 heterocycles. The number of guanidine groups is 1. The van der Waals surface area contributed by atoms with Crippen LogP contribution in [0.1, 0.15) is 40.0 Å². The molecule has 2 N–H and O–H groups in total. The van der Waals surface area contributed by atoms with Crippen LogP contribution in [0.25, 0.3) is 0 Å². The second-order valence-electron chi connectivity index (χ2n) is 7.03. The van der Waals surface area contributed by atoms with Gasteiger partial charge in [-0.1, -0.05) is 13.8 Å². The van der Waals surface area contributed by atoms with E-state index in [4.69, 9.17) is 4.74 Å². The largest absolute Gasteiger partial charge is 0.382 e. The Bertz CT molecular complexity index is 396. The summed E-state index contributed by atoms with van der Waals surface area (Å²) < 4.78 is 5.48. The Morgan fingerprint density at radius 2 is 1.96 bits per heavy atom.